The number of amides is 1. The summed E-state index contributed by atoms with van der Waals surface area (Å²) in [6.45, 7) is 5.21. The number of anilines is 1. The normalized spacial score (nSPS) is 10.6. The minimum Gasteiger partial charge on any atom is -0.489 e. The molecule has 0 saturated carbocycles. The Morgan fingerprint density at radius 1 is 1.29 bits per heavy atom. The number of carbonyl (C=O) groups excluding carboxylic acids is 1. The third kappa shape index (κ3) is 3.83. The van der Waals surface area contributed by atoms with E-state index in [2.05, 4.69) is 10.4 Å². The summed E-state index contributed by atoms with van der Waals surface area (Å²) in [7, 11) is 0. The number of ether oxygens (including phenoxy) is 1. The van der Waals surface area contributed by atoms with Crippen LogP contribution in [-0.4, -0.2) is 15.7 Å². The van der Waals surface area contributed by atoms with Crippen molar-refractivity contribution >= 4 is 23.1 Å². The molecule has 5 nitrogen and oxygen atoms in total. The summed E-state index contributed by atoms with van der Waals surface area (Å²) in [6, 6.07) is 13.3. The summed E-state index contributed by atoms with van der Waals surface area (Å²) in [4.78, 5) is 13.0. The Morgan fingerprint density at radius 2 is 2.08 bits per heavy atom. The van der Waals surface area contributed by atoms with Crippen molar-refractivity contribution in [3.63, 3.8) is 0 Å². The molecule has 6 heteroatoms. The Balaban J connectivity index is 1.60. The van der Waals surface area contributed by atoms with Gasteiger partial charge in [-0.05, 0) is 37.4 Å². The average molecular weight is 341 g/mol. The molecule has 24 heavy (non-hydrogen) atoms. The minimum absolute atomic E-state index is 0.147. The van der Waals surface area contributed by atoms with Crippen molar-refractivity contribution in [1.29, 1.82) is 0 Å². The molecule has 0 fully saturated rings. The summed E-state index contributed by atoms with van der Waals surface area (Å²) >= 11 is 1.40. The molecule has 0 bridgehead atoms. The molecule has 0 saturated heterocycles. The molecule has 1 aromatic carbocycles. The monoisotopic (exact) mass is 341 g/mol. The van der Waals surface area contributed by atoms with Gasteiger partial charge in [0.05, 0.1) is 4.88 Å². The van der Waals surface area contributed by atoms with Crippen LogP contribution in [0, 0.1) is 6.92 Å². The van der Waals surface area contributed by atoms with Gasteiger partial charge in [0.1, 0.15) is 12.4 Å². The van der Waals surface area contributed by atoms with Crippen LogP contribution in [0.2, 0.25) is 0 Å². The van der Waals surface area contributed by atoms with Gasteiger partial charge in [0.15, 0.2) is 5.82 Å². The second-order valence-corrected chi connectivity index (χ2v) is 6.27. The highest BCUT2D eigenvalue weighted by molar-refractivity contribution is 7.12. The summed E-state index contributed by atoms with van der Waals surface area (Å²) < 4.78 is 7.55. The number of aromatic nitrogens is 2. The number of nitrogens with zero attached hydrogens (tertiary/aromatic N) is 2. The van der Waals surface area contributed by atoms with Gasteiger partial charge >= 0.3 is 0 Å². The predicted molar refractivity (Wildman–Crippen MR) is 95.7 cm³/mol. The van der Waals surface area contributed by atoms with E-state index in [1.165, 1.54) is 11.3 Å². The first kappa shape index (κ1) is 16.3. The number of aryl methyl sites for hydroxylation is 2. The van der Waals surface area contributed by atoms with E-state index in [9.17, 15) is 4.79 Å². The third-order valence-electron chi connectivity index (χ3n) is 3.55. The second kappa shape index (κ2) is 7.31. The number of nitrogens with one attached hydrogen (secondary N) is 1. The van der Waals surface area contributed by atoms with Gasteiger partial charge in [-0.1, -0.05) is 18.2 Å². The molecule has 2 heterocycles. The van der Waals surface area contributed by atoms with Crippen LogP contribution >= 0.6 is 11.3 Å². The van der Waals surface area contributed by atoms with Gasteiger partial charge in [-0.2, -0.15) is 5.10 Å². The van der Waals surface area contributed by atoms with Gasteiger partial charge in [-0.15, -0.1) is 11.3 Å². The maximum Gasteiger partial charge on any atom is 0.266 e. The molecule has 1 N–H and O–H groups in total. The van der Waals surface area contributed by atoms with E-state index < -0.39 is 0 Å². The van der Waals surface area contributed by atoms with Gasteiger partial charge in [-0.25, -0.2) is 0 Å². The predicted octanol–water partition coefficient (Wildman–Crippen LogP) is 4.10. The number of thiophene rings is 1. The molecule has 3 aromatic rings. The molecule has 0 aliphatic heterocycles. The molecule has 0 radical (unpaired) electrons. The average Bonchev–Trinajstić information content (AvgIpc) is 3.20. The highest BCUT2D eigenvalue weighted by Gasteiger charge is 2.12. The third-order valence-corrected chi connectivity index (χ3v) is 4.53. The summed E-state index contributed by atoms with van der Waals surface area (Å²) in [5.41, 5.74) is 2.00. The highest BCUT2D eigenvalue weighted by Crippen LogP contribution is 2.19. The Bertz CT molecular complexity index is 824. The molecule has 0 unspecified atom stereocenters. The quantitative estimate of drug-likeness (QED) is 0.734. The van der Waals surface area contributed by atoms with Crippen LogP contribution in [0.3, 0.4) is 0 Å². The van der Waals surface area contributed by atoms with E-state index in [-0.39, 0.29) is 5.91 Å². The zero-order valence-corrected chi connectivity index (χ0v) is 14.5. The Labute approximate surface area is 144 Å². The van der Waals surface area contributed by atoms with Crippen molar-refractivity contribution in [3.8, 4) is 5.75 Å². The second-order valence-electron chi connectivity index (χ2n) is 5.36. The number of hydrogen-bond acceptors (Lipinski definition) is 4. The minimum atomic E-state index is -0.147. The smallest absolute Gasteiger partial charge is 0.266 e. The molecular weight excluding hydrogens is 322 g/mol. The molecular formula is C18H19N3O2S. The first-order chi connectivity index (χ1) is 11.7. The van der Waals surface area contributed by atoms with Crippen molar-refractivity contribution < 1.29 is 9.53 Å². The number of para-hydroxylation sites is 1. The molecule has 3 rings (SSSR count). The summed E-state index contributed by atoms with van der Waals surface area (Å²) in [5.74, 6) is 1.25. The van der Waals surface area contributed by atoms with E-state index in [1.807, 2.05) is 66.4 Å². The van der Waals surface area contributed by atoms with E-state index in [0.717, 1.165) is 23.6 Å². The van der Waals surface area contributed by atoms with E-state index in [4.69, 9.17) is 4.74 Å². The molecule has 2 aromatic heterocycles. The summed E-state index contributed by atoms with van der Waals surface area (Å²) in [5, 5.41) is 9.12. The molecule has 1 amide bonds. The lowest BCUT2D eigenvalue weighted by molar-refractivity contribution is 0.103. The van der Waals surface area contributed by atoms with Crippen LogP contribution < -0.4 is 10.1 Å². The van der Waals surface area contributed by atoms with Crippen LogP contribution in [0.5, 0.6) is 5.75 Å². The van der Waals surface area contributed by atoms with Gasteiger partial charge < -0.3 is 10.1 Å². The van der Waals surface area contributed by atoms with E-state index in [1.54, 1.807) is 0 Å². The topological polar surface area (TPSA) is 56.2 Å². The van der Waals surface area contributed by atoms with Gasteiger partial charge in [-0.3, -0.25) is 9.48 Å². The highest BCUT2D eigenvalue weighted by atomic mass is 32.1. The standard InChI is InChI=1S/C18H19N3O2S/c1-3-21-13(2)9-17(20-21)19-18(22)16-10-14(12-24-16)11-23-15-7-5-4-6-8-15/h4-10,12H,3,11H2,1-2H3,(H,19,20,22). The van der Waals surface area contributed by atoms with Crippen molar-refractivity contribution in [2.24, 2.45) is 0 Å². The Hall–Kier alpha value is -2.60. The fraction of sp³-hybridized carbons (Fsp3) is 0.222. The number of rotatable bonds is 6. The maximum absolute atomic E-state index is 12.3. The molecule has 124 valence electrons. The van der Waals surface area contributed by atoms with Crippen LogP contribution in [0.4, 0.5) is 5.82 Å². The fourth-order valence-electron chi connectivity index (χ4n) is 2.32. The SMILES string of the molecule is CCn1nc(NC(=O)c2cc(COc3ccccc3)cs2)cc1C. The van der Waals surface area contributed by atoms with Crippen LogP contribution in [0.1, 0.15) is 27.9 Å². The van der Waals surface area contributed by atoms with Gasteiger partial charge in [0.25, 0.3) is 5.91 Å². The largest absolute Gasteiger partial charge is 0.489 e. The van der Waals surface area contributed by atoms with Crippen molar-refractivity contribution in [3.05, 3.63) is 64.0 Å². The van der Waals surface area contributed by atoms with Crippen molar-refractivity contribution in [1.82, 2.24) is 9.78 Å². The number of carbonyl (C=O) groups is 1. The zero-order chi connectivity index (χ0) is 16.9. The van der Waals surface area contributed by atoms with E-state index >= 15 is 0 Å². The summed E-state index contributed by atoms with van der Waals surface area (Å²) in [6.07, 6.45) is 0. The van der Waals surface area contributed by atoms with Crippen LogP contribution in [0.25, 0.3) is 0 Å². The van der Waals surface area contributed by atoms with Gasteiger partial charge in [0, 0.05) is 23.9 Å². The lowest BCUT2D eigenvalue weighted by Gasteiger charge is -2.03. The van der Waals surface area contributed by atoms with Crippen molar-refractivity contribution in [2.75, 3.05) is 5.32 Å². The van der Waals surface area contributed by atoms with E-state index in [0.29, 0.717) is 17.3 Å². The molecule has 0 aliphatic rings. The number of hydrogen-bond donors (Lipinski definition) is 1. The zero-order valence-electron chi connectivity index (χ0n) is 13.7. The molecule has 0 aliphatic carbocycles. The molecule has 0 atom stereocenters. The lowest BCUT2D eigenvalue weighted by atomic mass is 10.3. The van der Waals surface area contributed by atoms with Crippen LogP contribution in [-0.2, 0) is 13.2 Å². The van der Waals surface area contributed by atoms with Crippen LogP contribution in [0.15, 0.2) is 47.8 Å². The van der Waals surface area contributed by atoms with Crippen molar-refractivity contribution in [2.45, 2.75) is 27.0 Å². The first-order valence-corrected chi connectivity index (χ1v) is 8.64. The molecule has 0 spiro atoms. The fourth-order valence-corrected chi connectivity index (χ4v) is 3.11. The Kier molecular flexibility index (Phi) is 4.96. The Morgan fingerprint density at radius 3 is 2.79 bits per heavy atom. The first-order valence-electron chi connectivity index (χ1n) is 7.76. The lowest BCUT2D eigenvalue weighted by Crippen LogP contribution is -2.11. The van der Waals surface area contributed by atoms with Gasteiger partial charge in [0.2, 0.25) is 0 Å². The number of benzene rings is 1. The maximum atomic E-state index is 12.3.